The molecule has 0 spiro atoms. The first kappa shape index (κ1) is 7.59. The van der Waals surface area contributed by atoms with E-state index in [1.54, 1.807) is 0 Å². The van der Waals surface area contributed by atoms with Crippen molar-refractivity contribution < 1.29 is 14.7 Å². The number of nitrogens with zero attached hydrogens (tertiary/aromatic N) is 3. The summed E-state index contributed by atoms with van der Waals surface area (Å²) in [5.74, 6) is -1.93. The first-order valence-electron chi connectivity index (χ1n) is 3.41. The number of carboxylic acid groups (broad SMARTS) is 1. The van der Waals surface area contributed by atoms with E-state index in [0.29, 0.717) is 0 Å². The Bertz CT molecular complexity index is 381. The molecule has 7 heteroatoms. The molecule has 0 bridgehead atoms. The highest BCUT2D eigenvalue weighted by Gasteiger charge is 2.33. The van der Waals surface area contributed by atoms with Crippen LogP contribution in [0.1, 0.15) is 0 Å². The standard InChI is InChI=1S/C6H4N4O3/c11-5-2-3(7-1-8-5)10-4(9-2)6(12)13/h1-2H,(H,12,13)(H,7,8,9,10,11). The van der Waals surface area contributed by atoms with E-state index in [1.807, 2.05) is 0 Å². The minimum atomic E-state index is -1.26. The molecule has 13 heavy (non-hydrogen) atoms. The Kier molecular flexibility index (Phi) is 1.44. The van der Waals surface area contributed by atoms with Crippen molar-refractivity contribution in [2.75, 3.05) is 0 Å². The van der Waals surface area contributed by atoms with Crippen molar-refractivity contribution in [1.82, 2.24) is 5.32 Å². The van der Waals surface area contributed by atoms with E-state index in [4.69, 9.17) is 5.11 Å². The van der Waals surface area contributed by atoms with E-state index in [0.717, 1.165) is 6.34 Å². The highest BCUT2D eigenvalue weighted by Crippen LogP contribution is 2.09. The van der Waals surface area contributed by atoms with E-state index in [2.05, 4.69) is 20.3 Å². The topological polar surface area (TPSA) is 103 Å². The number of rotatable bonds is 1. The molecule has 2 heterocycles. The van der Waals surface area contributed by atoms with Crippen LogP contribution in [0.4, 0.5) is 0 Å². The van der Waals surface area contributed by atoms with Crippen LogP contribution in [0, 0.1) is 0 Å². The fourth-order valence-corrected chi connectivity index (χ4v) is 0.998. The summed E-state index contributed by atoms with van der Waals surface area (Å²) in [6, 6.07) is -0.893. The summed E-state index contributed by atoms with van der Waals surface area (Å²) in [5, 5.41) is 10.8. The Morgan fingerprint density at radius 1 is 1.62 bits per heavy atom. The summed E-state index contributed by atoms with van der Waals surface area (Å²) >= 11 is 0. The molecule has 2 N–H and O–H groups in total. The monoisotopic (exact) mass is 180 g/mol. The molecule has 66 valence electrons. The summed E-state index contributed by atoms with van der Waals surface area (Å²) in [6.07, 6.45) is 1.16. The molecule has 1 amide bonds. The first-order chi connectivity index (χ1) is 6.18. The predicted molar refractivity (Wildman–Crippen MR) is 42.9 cm³/mol. The van der Waals surface area contributed by atoms with Gasteiger partial charge in [0.1, 0.15) is 0 Å². The van der Waals surface area contributed by atoms with Gasteiger partial charge in [0.2, 0.25) is 5.84 Å². The zero-order valence-electron chi connectivity index (χ0n) is 6.26. The molecule has 0 aromatic rings. The quantitative estimate of drug-likeness (QED) is 0.508. The van der Waals surface area contributed by atoms with Crippen LogP contribution < -0.4 is 5.32 Å². The lowest BCUT2D eigenvalue weighted by Crippen LogP contribution is -2.40. The van der Waals surface area contributed by atoms with Crippen LogP contribution in [-0.2, 0) is 9.59 Å². The molecular formula is C6H4N4O3. The third kappa shape index (κ3) is 1.10. The highest BCUT2D eigenvalue weighted by molar-refractivity contribution is 6.40. The zero-order chi connectivity index (χ0) is 9.42. The fraction of sp³-hybridized carbons (Fsp3) is 0.167. The number of nitrogens with one attached hydrogen (secondary N) is 1. The Morgan fingerprint density at radius 2 is 2.38 bits per heavy atom. The molecule has 0 fully saturated rings. The van der Waals surface area contributed by atoms with Gasteiger partial charge in [0.05, 0.1) is 6.34 Å². The van der Waals surface area contributed by atoms with Gasteiger partial charge >= 0.3 is 5.97 Å². The second kappa shape index (κ2) is 2.47. The lowest BCUT2D eigenvalue weighted by Gasteiger charge is -2.09. The second-order valence-corrected chi connectivity index (χ2v) is 2.40. The molecule has 0 saturated carbocycles. The van der Waals surface area contributed by atoms with Crippen molar-refractivity contribution in [3.63, 3.8) is 0 Å². The third-order valence-corrected chi connectivity index (χ3v) is 1.56. The van der Waals surface area contributed by atoms with Crippen LogP contribution in [0.2, 0.25) is 0 Å². The third-order valence-electron chi connectivity index (χ3n) is 1.56. The number of aliphatic imine (C=N–C) groups is 3. The van der Waals surface area contributed by atoms with Crippen molar-refractivity contribution in [3.05, 3.63) is 0 Å². The van der Waals surface area contributed by atoms with Crippen LogP contribution in [-0.4, -0.2) is 41.0 Å². The number of fused-ring (bicyclic) bond motifs is 1. The SMILES string of the molecule is O=C(O)C1=NC2C(=O)NC=NC2=N1. The second-order valence-electron chi connectivity index (χ2n) is 2.40. The van der Waals surface area contributed by atoms with Crippen molar-refractivity contribution in [2.24, 2.45) is 15.0 Å². The number of amidine groups is 2. The summed E-state index contributed by atoms with van der Waals surface area (Å²) in [5.41, 5.74) is 0. The lowest BCUT2D eigenvalue weighted by molar-refractivity contribution is -0.129. The number of carbonyl (C=O) groups excluding carboxylic acids is 1. The number of carboxylic acids is 1. The summed E-state index contributed by atoms with van der Waals surface area (Å²) in [7, 11) is 0. The van der Waals surface area contributed by atoms with Crippen molar-refractivity contribution in [3.8, 4) is 0 Å². The Hall–Kier alpha value is -2.05. The molecule has 0 aliphatic carbocycles. The molecule has 0 saturated heterocycles. The average molecular weight is 180 g/mol. The van der Waals surface area contributed by atoms with Crippen LogP contribution in [0.3, 0.4) is 0 Å². The van der Waals surface area contributed by atoms with E-state index < -0.39 is 17.9 Å². The number of amides is 1. The van der Waals surface area contributed by atoms with E-state index >= 15 is 0 Å². The molecule has 2 rings (SSSR count). The smallest absolute Gasteiger partial charge is 0.373 e. The molecule has 1 atom stereocenters. The Balaban J connectivity index is 2.39. The molecule has 0 radical (unpaired) electrons. The lowest BCUT2D eigenvalue weighted by atomic mass is 10.2. The molecular weight excluding hydrogens is 176 g/mol. The molecule has 2 aliphatic heterocycles. The largest absolute Gasteiger partial charge is 0.475 e. The highest BCUT2D eigenvalue weighted by atomic mass is 16.4. The molecule has 1 unspecified atom stereocenters. The molecule has 7 nitrogen and oxygen atoms in total. The number of hydrogen-bond acceptors (Lipinski definition) is 5. The minimum absolute atomic E-state index is 0.126. The van der Waals surface area contributed by atoms with E-state index in [9.17, 15) is 9.59 Å². The maximum atomic E-state index is 11.1. The summed E-state index contributed by atoms with van der Waals surface area (Å²) in [4.78, 5) is 32.3. The van der Waals surface area contributed by atoms with Gasteiger partial charge in [0.15, 0.2) is 11.9 Å². The Morgan fingerprint density at radius 3 is 3.00 bits per heavy atom. The molecule has 0 aromatic carbocycles. The maximum absolute atomic E-state index is 11.1. The minimum Gasteiger partial charge on any atom is -0.475 e. The van der Waals surface area contributed by atoms with Crippen LogP contribution in [0.5, 0.6) is 0 Å². The summed E-state index contributed by atoms with van der Waals surface area (Å²) in [6.45, 7) is 0. The van der Waals surface area contributed by atoms with Gasteiger partial charge in [-0.25, -0.2) is 19.8 Å². The van der Waals surface area contributed by atoms with Crippen molar-refractivity contribution in [2.45, 2.75) is 6.04 Å². The number of aliphatic carboxylic acids is 1. The number of carbonyl (C=O) groups is 2. The Labute approximate surface area is 71.9 Å². The first-order valence-corrected chi connectivity index (χ1v) is 3.41. The maximum Gasteiger partial charge on any atom is 0.373 e. The van der Waals surface area contributed by atoms with Gasteiger partial charge < -0.3 is 10.4 Å². The van der Waals surface area contributed by atoms with Gasteiger partial charge in [-0.15, -0.1) is 0 Å². The van der Waals surface area contributed by atoms with Gasteiger partial charge in [-0.2, -0.15) is 0 Å². The number of hydrogen-bond donors (Lipinski definition) is 2. The van der Waals surface area contributed by atoms with Gasteiger partial charge in [-0.05, 0) is 0 Å². The predicted octanol–water partition coefficient (Wildman–Crippen LogP) is -1.59. The van der Waals surface area contributed by atoms with Gasteiger partial charge in [-0.1, -0.05) is 0 Å². The molecule has 2 aliphatic rings. The fourth-order valence-electron chi connectivity index (χ4n) is 0.998. The zero-order valence-corrected chi connectivity index (χ0v) is 6.26. The van der Waals surface area contributed by atoms with Gasteiger partial charge in [0, 0.05) is 0 Å². The van der Waals surface area contributed by atoms with Gasteiger partial charge in [-0.3, -0.25) is 4.79 Å². The normalized spacial score (nSPS) is 24.6. The molecule has 0 aromatic heterocycles. The van der Waals surface area contributed by atoms with Gasteiger partial charge in [0.25, 0.3) is 5.91 Å². The van der Waals surface area contributed by atoms with E-state index in [1.165, 1.54) is 0 Å². The average Bonchev–Trinajstić information content (AvgIpc) is 2.49. The van der Waals surface area contributed by atoms with Crippen molar-refractivity contribution >= 4 is 29.9 Å². The van der Waals surface area contributed by atoms with Crippen LogP contribution >= 0.6 is 0 Å². The van der Waals surface area contributed by atoms with Crippen LogP contribution in [0.15, 0.2) is 15.0 Å². The van der Waals surface area contributed by atoms with E-state index in [-0.39, 0.29) is 11.7 Å². The summed E-state index contributed by atoms with van der Waals surface area (Å²) < 4.78 is 0. The van der Waals surface area contributed by atoms with Crippen LogP contribution in [0.25, 0.3) is 0 Å². The van der Waals surface area contributed by atoms with Crippen molar-refractivity contribution in [1.29, 1.82) is 0 Å².